The Kier molecular flexibility index (Phi) is 4.82. The lowest BCUT2D eigenvalue weighted by atomic mass is 10.0. The number of hydrogen-bond acceptors (Lipinski definition) is 4. The van der Waals surface area contributed by atoms with Crippen LogP contribution >= 0.6 is 0 Å². The van der Waals surface area contributed by atoms with Crippen LogP contribution in [-0.2, 0) is 6.42 Å². The summed E-state index contributed by atoms with van der Waals surface area (Å²) in [4.78, 5) is 12.4. The number of carbonyl (C=O) groups excluding carboxylic acids is 1. The number of methoxy groups -OCH3 is 3. The number of carbonyl (C=O) groups is 1. The van der Waals surface area contributed by atoms with Crippen molar-refractivity contribution < 1.29 is 19.0 Å². The first kappa shape index (κ1) is 14.9. The van der Waals surface area contributed by atoms with Crippen LogP contribution in [0.25, 0.3) is 0 Å². The van der Waals surface area contributed by atoms with Crippen molar-refractivity contribution in [3.63, 3.8) is 0 Å². The molecule has 0 atom stereocenters. The van der Waals surface area contributed by atoms with E-state index in [0.717, 1.165) is 5.56 Å². The highest BCUT2D eigenvalue weighted by Crippen LogP contribution is 2.28. The third-order valence-electron chi connectivity index (χ3n) is 3.22. The Morgan fingerprint density at radius 1 is 0.857 bits per heavy atom. The fourth-order valence-electron chi connectivity index (χ4n) is 2.15. The van der Waals surface area contributed by atoms with Crippen LogP contribution in [0, 0.1) is 0 Å². The summed E-state index contributed by atoms with van der Waals surface area (Å²) >= 11 is 0. The van der Waals surface area contributed by atoms with E-state index in [1.165, 1.54) is 0 Å². The quantitative estimate of drug-likeness (QED) is 0.765. The average Bonchev–Trinajstić information content (AvgIpc) is 2.54. The molecule has 2 aromatic rings. The smallest absolute Gasteiger partial charge is 0.170 e. The monoisotopic (exact) mass is 286 g/mol. The number of benzene rings is 2. The van der Waals surface area contributed by atoms with Crippen molar-refractivity contribution >= 4 is 5.78 Å². The molecule has 0 saturated carbocycles. The zero-order valence-electron chi connectivity index (χ0n) is 12.4. The molecule has 0 fully saturated rings. The minimum atomic E-state index is -0.000306. The van der Waals surface area contributed by atoms with Crippen LogP contribution < -0.4 is 14.2 Å². The van der Waals surface area contributed by atoms with Gasteiger partial charge in [0.2, 0.25) is 0 Å². The number of hydrogen-bond donors (Lipinski definition) is 0. The van der Waals surface area contributed by atoms with Gasteiger partial charge >= 0.3 is 0 Å². The van der Waals surface area contributed by atoms with Crippen LogP contribution in [-0.4, -0.2) is 27.1 Å². The highest BCUT2D eigenvalue weighted by atomic mass is 16.5. The summed E-state index contributed by atoms with van der Waals surface area (Å²) in [6.07, 6.45) is 0.278. The molecule has 2 aromatic carbocycles. The average molecular weight is 286 g/mol. The highest BCUT2D eigenvalue weighted by molar-refractivity contribution is 6.00. The third kappa shape index (κ3) is 3.34. The highest BCUT2D eigenvalue weighted by Gasteiger charge is 2.13. The molecular formula is C17H18O4. The Labute approximate surface area is 124 Å². The predicted octanol–water partition coefficient (Wildman–Crippen LogP) is 3.14. The fraction of sp³-hybridized carbons (Fsp3) is 0.235. The maximum absolute atomic E-state index is 12.4. The summed E-state index contributed by atoms with van der Waals surface area (Å²) in [6, 6.07) is 12.7. The molecule has 0 N–H and O–H groups in total. The number of rotatable bonds is 6. The number of para-hydroxylation sites is 1. The lowest BCUT2D eigenvalue weighted by molar-refractivity contribution is 0.0990. The van der Waals surface area contributed by atoms with E-state index in [-0.39, 0.29) is 12.2 Å². The summed E-state index contributed by atoms with van der Waals surface area (Å²) in [5.74, 6) is 1.84. The molecule has 0 radical (unpaired) electrons. The topological polar surface area (TPSA) is 44.8 Å². The molecule has 0 saturated heterocycles. The number of ether oxygens (including phenoxy) is 3. The van der Waals surface area contributed by atoms with Crippen molar-refractivity contribution in [1.29, 1.82) is 0 Å². The van der Waals surface area contributed by atoms with Gasteiger partial charge in [0, 0.05) is 6.42 Å². The lowest BCUT2D eigenvalue weighted by Crippen LogP contribution is -2.06. The number of ketones is 1. The molecule has 0 spiro atoms. The molecule has 0 unspecified atom stereocenters. The SMILES string of the molecule is COc1ccc(CC(=O)c2ccccc2OC)cc1OC. The van der Waals surface area contributed by atoms with E-state index in [9.17, 15) is 4.79 Å². The van der Waals surface area contributed by atoms with Gasteiger partial charge in [0.15, 0.2) is 17.3 Å². The van der Waals surface area contributed by atoms with E-state index in [2.05, 4.69) is 0 Å². The van der Waals surface area contributed by atoms with E-state index in [0.29, 0.717) is 22.8 Å². The van der Waals surface area contributed by atoms with Crippen LogP contribution in [0.1, 0.15) is 15.9 Å². The molecule has 4 nitrogen and oxygen atoms in total. The molecule has 0 aromatic heterocycles. The van der Waals surface area contributed by atoms with Gasteiger partial charge in [-0.05, 0) is 29.8 Å². The zero-order valence-corrected chi connectivity index (χ0v) is 12.4. The van der Waals surface area contributed by atoms with Gasteiger partial charge in [0.25, 0.3) is 0 Å². The maximum Gasteiger partial charge on any atom is 0.170 e. The largest absolute Gasteiger partial charge is 0.496 e. The molecular weight excluding hydrogens is 268 g/mol. The van der Waals surface area contributed by atoms with E-state index in [1.54, 1.807) is 39.5 Å². The van der Waals surface area contributed by atoms with Gasteiger partial charge in [-0.15, -0.1) is 0 Å². The van der Waals surface area contributed by atoms with E-state index >= 15 is 0 Å². The van der Waals surface area contributed by atoms with Gasteiger partial charge in [-0.2, -0.15) is 0 Å². The van der Waals surface area contributed by atoms with Gasteiger partial charge in [-0.25, -0.2) is 0 Å². The van der Waals surface area contributed by atoms with Crippen LogP contribution in [0.4, 0.5) is 0 Å². The van der Waals surface area contributed by atoms with Crippen molar-refractivity contribution in [2.24, 2.45) is 0 Å². The second-order valence-electron chi connectivity index (χ2n) is 4.49. The van der Waals surface area contributed by atoms with Crippen LogP contribution in [0.3, 0.4) is 0 Å². The fourth-order valence-corrected chi connectivity index (χ4v) is 2.15. The summed E-state index contributed by atoms with van der Waals surface area (Å²) in [5.41, 5.74) is 1.44. The minimum absolute atomic E-state index is 0.000306. The molecule has 21 heavy (non-hydrogen) atoms. The Bertz CT molecular complexity index is 634. The number of Topliss-reactive ketones (excluding diaryl/α,β-unsaturated/α-hetero) is 1. The Hall–Kier alpha value is -2.49. The normalized spacial score (nSPS) is 10.0. The van der Waals surface area contributed by atoms with Crippen molar-refractivity contribution in [2.45, 2.75) is 6.42 Å². The molecule has 0 aliphatic rings. The molecule has 0 amide bonds. The minimum Gasteiger partial charge on any atom is -0.496 e. The van der Waals surface area contributed by atoms with Crippen LogP contribution in [0.15, 0.2) is 42.5 Å². The molecule has 110 valence electrons. The summed E-state index contributed by atoms with van der Waals surface area (Å²) in [5, 5.41) is 0. The zero-order chi connectivity index (χ0) is 15.2. The Morgan fingerprint density at radius 2 is 1.52 bits per heavy atom. The molecule has 0 aliphatic heterocycles. The van der Waals surface area contributed by atoms with Crippen molar-refractivity contribution in [3.8, 4) is 17.2 Å². The Morgan fingerprint density at radius 3 is 2.19 bits per heavy atom. The van der Waals surface area contributed by atoms with E-state index < -0.39 is 0 Å². The summed E-state index contributed by atoms with van der Waals surface area (Å²) < 4.78 is 15.7. The van der Waals surface area contributed by atoms with Crippen molar-refractivity contribution in [2.75, 3.05) is 21.3 Å². The van der Waals surface area contributed by atoms with Gasteiger partial charge in [-0.3, -0.25) is 4.79 Å². The molecule has 0 heterocycles. The molecule has 4 heteroatoms. The second-order valence-corrected chi connectivity index (χ2v) is 4.49. The standard InChI is InChI=1S/C17H18O4/c1-19-15-7-5-4-6-13(15)14(18)10-12-8-9-16(20-2)17(11-12)21-3/h4-9,11H,10H2,1-3H3. The van der Waals surface area contributed by atoms with Gasteiger partial charge in [0.05, 0.1) is 26.9 Å². The first-order chi connectivity index (χ1) is 10.2. The third-order valence-corrected chi connectivity index (χ3v) is 3.22. The molecule has 2 rings (SSSR count). The predicted molar refractivity (Wildman–Crippen MR) is 80.6 cm³/mol. The Balaban J connectivity index is 2.23. The van der Waals surface area contributed by atoms with Crippen LogP contribution in [0.2, 0.25) is 0 Å². The van der Waals surface area contributed by atoms with Crippen molar-refractivity contribution in [1.82, 2.24) is 0 Å². The summed E-state index contributed by atoms with van der Waals surface area (Å²) in [6.45, 7) is 0. The second kappa shape index (κ2) is 6.79. The molecule has 0 aliphatic carbocycles. The van der Waals surface area contributed by atoms with Gasteiger partial charge in [0.1, 0.15) is 5.75 Å². The van der Waals surface area contributed by atoms with Crippen molar-refractivity contribution in [3.05, 3.63) is 53.6 Å². The first-order valence-electron chi connectivity index (χ1n) is 6.56. The van der Waals surface area contributed by atoms with E-state index in [1.807, 2.05) is 24.3 Å². The van der Waals surface area contributed by atoms with Gasteiger partial charge in [-0.1, -0.05) is 18.2 Å². The van der Waals surface area contributed by atoms with Crippen LogP contribution in [0.5, 0.6) is 17.2 Å². The molecule has 0 bridgehead atoms. The summed E-state index contributed by atoms with van der Waals surface area (Å²) in [7, 11) is 4.71. The maximum atomic E-state index is 12.4. The van der Waals surface area contributed by atoms with Gasteiger partial charge < -0.3 is 14.2 Å². The lowest BCUT2D eigenvalue weighted by Gasteiger charge is -2.10. The van der Waals surface area contributed by atoms with E-state index in [4.69, 9.17) is 14.2 Å². The first-order valence-corrected chi connectivity index (χ1v) is 6.56.